The van der Waals surface area contributed by atoms with Gasteiger partial charge in [-0.15, -0.1) is 0 Å². The topological polar surface area (TPSA) is 91.3 Å². The zero-order valence-corrected chi connectivity index (χ0v) is 24.4. The van der Waals surface area contributed by atoms with Gasteiger partial charge in [0.15, 0.2) is 0 Å². The number of methoxy groups -OCH3 is 1. The van der Waals surface area contributed by atoms with E-state index in [1.807, 2.05) is 37.3 Å². The van der Waals surface area contributed by atoms with E-state index in [2.05, 4.69) is 36.3 Å². The quantitative estimate of drug-likeness (QED) is 0.477. The molecule has 0 radical (unpaired) electrons. The van der Waals surface area contributed by atoms with Crippen molar-refractivity contribution in [1.82, 2.24) is 9.80 Å². The van der Waals surface area contributed by atoms with Crippen LogP contribution in [0.4, 0.5) is 5.69 Å². The van der Waals surface area contributed by atoms with Crippen LogP contribution in [0.5, 0.6) is 11.5 Å². The summed E-state index contributed by atoms with van der Waals surface area (Å²) in [6.07, 6.45) is 5.19. The number of carbonyl (C=O) groups is 2. The molecule has 1 saturated carbocycles. The van der Waals surface area contributed by atoms with Gasteiger partial charge in [-0.05, 0) is 62.7 Å². The van der Waals surface area contributed by atoms with Gasteiger partial charge in [-0.1, -0.05) is 38.3 Å². The van der Waals surface area contributed by atoms with E-state index in [0.29, 0.717) is 24.5 Å². The summed E-state index contributed by atoms with van der Waals surface area (Å²) in [5.41, 5.74) is 2.61. The fraction of sp³-hybridized carbons (Fsp3) is 0.562. The van der Waals surface area contributed by atoms with Crippen LogP contribution in [0.15, 0.2) is 42.5 Å². The number of hydrogen-bond donors (Lipinski definition) is 2. The number of rotatable bonds is 9. The van der Waals surface area contributed by atoms with Crippen LogP contribution in [0.25, 0.3) is 0 Å². The van der Waals surface area contributed by atoms with Crippen molar-refractivity contribution < 1.29 is 24.2 Å². The van der Waals surface area contributed by atoms with Crippen molar-refractivity contribution in [3.8, 4) is 11.5 Å². The summed E-state index contributed by atoms with van der Waals surface area (Å²) in [7, 11) is 3.73. The molecule has 2 N–H and O–H groups in total. The van der Waals surface area contributed by atoms with Crippen LogP contribution in [0.1, 0.15) is 57.1 Å². The Labute approximate surface area is 238 Å². The lowest BCUT2D eigenvalue weighted by Crippen LogP contribution is -2.47. The van der Waals surface area contributed by atoms with E-state index < -0.39 is 0 Å². The van der Waals surface area contributed by atoms with Gasteiger partial charge in [-0.25, -0.2) is 0 Å². The Morgan fingerprint density at radius 2 is 1.90 bits per heavy atom. The first-order valence-electron chi connectivity index (χ1n) is 14.6. The molecule has 2 aromatic carbocycles. The average molecular weight is 552 g/mol. The highest BCUT2D eigenvalue weighted by Crippen LogP contribution is 2.31. The summed E-state index contributed by atoms with van der Waals surface area (Å²) < 4.78 is 11.9. The molecule has 8 heteroatoms. The van der Waals surface area contributed by atoms with Crippen LogP contribution in [-0.2, 0) is 22.6 Å². The zero-order valence-electron chi connectivity index (χ0n) is 24.4. The molecule has 3 atom stereocenters. The Hall–Kier alpha value is -3.10. The molecule has 1 aliphatic carbocycles. The molecule has 2 aromatic rings. The summed E-state index contributed by atoms with van der Waals surface area (Å²) in [4.78, 5) is 30.4. The Kier molecular flexibility index (Phi) is 10.5. The number of amides is 2. The van der Waals surface area contributed by atoms with E-state index in [4.69, 9.17) is 9.47 Å². The molecule has 2 amide bonds. The molecule has 8 nitrogen and oxygen atoms in total. The van der Waals surface area contributed by atoms with Crippen molar-refractivity contribution in [2.24, 2.45) is 11.8 Å². The van der Waals surface area contributed by atoms with Crippen molar-refractivity contribution in [2.45, 2.75) is 71.1 Å². The first kappa shape index (κ1) is 29.9. The second-order valence-corrected chi connectivity index (χ2v) is 11.6. The molecule has 0 bridgehead atoms. The van der Waals surface area contributed by atoms with Gasteiger partial charge in [0.1, 0.15) is 17.6 Å². The standard InChI is InChI=1S/C32H45N3O5/c1-22-18-35(23(2)21-36)31(37)17-26-16-27(33-32(38)25-8-6-5-7-9-25)12-15-29(26)40-30(22)20-34(3)19-24-10-13-28(39-4)14-11-24/h10-16,22-23,25,30,36H,5-9,17-21H2,1-4H3,(H,33,38)/t22-,23-,30+/m1/s1. The summed E-state index contributed by atoms with van der Waals surface area (Å²) >= 11 is 0. The molecule has 218 valence electrons. The average Bonchev–Trinajstić information content (AvgIpc) is 3.01. The molecular formula is C32H45N3O5. The van der Waals surface area contributed by atoms with Crippen molar-refractivity contribution in [3.05, 3.63) is 53.6 Å². The summed E-state index contributed by atoms with van der Waals surface area (Å²) in [6.45, 7) is 5.75. The highest BCUT2D eigenvalue weighted by atomic mass is 16.5. The minimum atomic E-state index is -0.302. The number of hydrogen-bond acceptors (Lipinski definition) is 6. The second-order valence-electron chi connectivity index (χ2n) is 11.6. The van der Waals surface area contributed by atoms with Gasteiger partial charge in [0.2, 0.25) is 11.8 Å². The third-order valence-electron chi connectivity index (χ3n) is 8.26. The monoisotopic (exact) mass is 551 g/mol. The molecule has 1 aliphatic heterocycles. The van der Waals surface area contributed by atoms with Crippen LogP contribution in [0.2, 0.25) is 0 Å². The summed E-state index contributed by atoms with van der Waals surface area (Å²) in [5, 5.41) is 13.0. The zero-order chi connectivity index (χ0) is 28.6. The molecule has 4 rings (SSSR count). The van der Waals surface area contributed by atoms with E-state index in [1.165, 1.54) is 12.0 Å². The highest BCUT2D eigenvalue weighted by Gasteiger charge is 2.31. The molecule has 2 aliphatic rings. The molecule has 0 saturated heterocycles. The van der Waals surface area contributed by atoms with E-state index >= 15 is 0 Å². The van der Waals surface area contributed by atoms with E-state index in [-0.39, 0.29) is 48.8 Å². The third-order valence-corrected chi connectivity index (χ3v) is 8.26. The van der Waals surface area contributed by atoms with Gasteiger partial charge in [0.05, 0.1) is 26.2 Å². The highest BCUT2D eigenvalue weighted by molar-refractivity contribution is 5.93. The maximum absolute atomic E-state index is 13.5. The van der Waals surface area contributed by atoms with Crippen LogP contribution in [-0.4, -0.2) is 72.7 Å². The number of benzene rings is 2. The predicted octanol–water partition coefficient (Wildman–Crippen LogP) is 4.50. The minimum absolute atomic E-state index is 0.0212. The number of ether oxygens (including phenoxy) is 2. The van der Waals surface area contributed by atoms with Crippen LogP contribution in [0.3, 0.4) is 0 Å². The SMILES string of the molecule is COc1ccc(CN(C)C[C@@H]2Oc3ccc(NC(=O)C4CCCCC4)cc3CC(=O)N([C@H](C)CO)C[C@H]2C)cc1. The molecular weight excluding hydrogens is 506 g/mol. The second kappa shape index (κ2) is 14.0. The maximum atomic E-state index is 13.5. The first-order valence-corrected chi connectivity index (χ1v) is 14.6. The van der Waals surface area contributed by atoms with Gasteiger partial charge in [0, 0.05) is 42.7 Å². The van der Waals surface area contributed by atoms with Crippen molar-refractivity contribution in [2.75, 3.05) is 39.2 Å². The predicted molar refractivity (Wildman–Crippen MR) is 157 cm³/mol. The van der Waals surface area contributed by atoms with Gasteiger partial charge >= 0.3 is 0 Å². The molecule has 0 unspecified atom stereocenters. The smallest absolute Gasteiger partial charge is 0.227 e. The number of fused-ring (bicyclic) bond motifs is 1. The van der Waals surface area contributed by atoms with Crippen LogP contribution >= 0.6 is 0 Å². The van der Waals surface area contributed by atoms with Crippen molar-refractivity contribution in [3.63, 3.8) is 0 Å². The number of nitrogens with one attached hydrogen (secondary N) is 1. The van der Waals surface area contributed by atoms with Crippen LogP contribution < -0.4 is 14.8 Å². The van der Waals surface area contributed by atoms with E-state index in [0.717, 1.165) is 43.5 Å². The number of aliphatic hydroxyl groups excluding tert-OH is 1. The normalized spacial score (nSPS) is 21.1. The first-order chi connectivity index (χ1) is 19.3. The minimum Gasteiger partial charge on any atom is -0.497 e. The Balaban J connectivity index is 1.55. The largest absolute Gasteiger partial charge is 0.497 e. The van der Waals surface area contributed by atoms with Gasteiger partial charge in [-0.2, -0.15) is 0 Å². The number of aliphatic hydroxyl groups is 1. The summed E-state index contributed by atoms with van der Waals surface area (Å²) in [6, 6.07) is 13.4. The molecule has 1 heterocycles. The number of nitrogens with zero attached hydrogens (tertiary/aromatic N) is 2. The molecule has 0 aromatic heterocycles. The lowest BCUT2D eigenvalue weighted by Gasteiger charge is -2.34. The lowest BCUT2D eigenvalue weighted by atomic mass is 9.88. The van der Waals surface area contributed by atoms with Crippen molar-refractivity contribution >= 4 is 17.5 Å². The van der Waals surface area contributed by atoms with Crippen LogP contribution in [0, 0.1) is 11.8 Å². The third kappa shape index (κ3) is 7.76. The number of anilines is 1. The Morgan fingerprint density at radius 3 is 2.58 bits per heavy atom. The molecule has 1 fully saturated rings. The van der Waals surface area contributed by atoms with Gasteiger partial charge in [0.25, 0.3) is 0 Å². The van der Waals surface area contributed by atoms with E-state index in [1.54, 1.807) is 12.0 Å². The van der Waals surface area contributed by atoms with Crippen molar-refractivity contribution in [1.29, 1.82) is 0 Å². The Bertz CT molecular complexity index is 1130. The van der Waals surface area contributed by atoms with Gasteiger partial charge in [-0.3, -0.25) is 14.5 Å². The van der Waals surface area contributed by atoms with E-state index in [9.17, 15) is 14.7 Å². The molecule has 0 spiro atoms. The maximum Gasteiger partial charge on any atom is 0.227 e. The number of carbonyl (C=O) groups excluding carboxylic acids is 2. The Morgan fingerprint density at radius 1 is 1.18 bits per heavy atom. The lowest BCUT2D eigenvalue weighted by molar-refractivity contribution is -0.134. The molecule has 40 heavy (non-hydrogen) atoms. The fourth-order valence-electron chi connectivity index (χ4n) is 5.75. The fourth-order valence-corrected chi connectivity index (χ4v) is 5.75. The summed E-state index contributed by atoms with van der Waals surface area (Å²) in [5.74, 6) is 1.56. The van der Waals surface area contributed by atoms with Gasteiger partial charge < -0.3 is 24.8 Å². The number of likely N-dealkylation sites (N-methyl/N-ethyl adjacent to an activating group) is 1.